The summed E-state index contributed by atoms with van der Waals surface area (Å²) >= 11 is 0. The maximum atomic E-state index is 8.94. The molecule has 0 N–H and O–H groups in total. The Balaban J connectivity index is 1.93. The van der Waals surface area contributed by atoms with Gasteiger partial charge in [-0.2, -0.15) is 0 Å². The van der Waals surface area contributed by atoms with Gasteiger partial charge >= 0.3 is 0 Å². The fourth-order valence-electron chi connectivity index (χ4n) is 3.52. The number of hydrogen-bond acceptors (Lipinski definition) is 1. The molecule has 0 saturated carbocycles. The molecule has 0 saturated heterocycles. The molecule has 4 nitrogen and oxygen atoms in total. The first-order valence-corrected chi connectivity index (χ1v) is 9.25. The van der Waals surface area contributed by atoms with Gasteiger partial charge in [0.2, 0.25) is 0 Å². The molecule has 0 aliphatic rings. The molecule has 4 heteroatoms. The molecule has 28 heavy (non-hydrogen) atoms. The zero-order valence-electron chi connectivity index (χ0n) is 15.4. The van der Waals surface area contributed by atoms with Gasteiger partial charge < -0.3 is 4.57 Å². The lowest BCUT2D eigenvalue weighted by atomic mass is 10.0. The molecule has 0 aliphatic carbocycles. The van der Waals surface area contributed by atoms with Gasteiger partial charge in [-0.3, -0.25) is 0 Å². The highest BCUT2D eigenvalue weighted by molar-refractivity contribution is 5.75. The second kappa shape index (κ2) is 8.30. The summed E-state index contributed by atoms with van der Waals surface area (Å²) in [6.07, 6.45) is 0. The summed E-state index contributed by atoms with van der Waals surface area (Å²) in [4.78, 5) is 3.01. The van der Waals surface area contributed by atoms with Crippen molar-refractivity contribution in [1.29, 1.82) is 0 Å². The summed E-state index contributed by atoms with van der Waals surface area (Å²) < 4.78 is 2.27. The molecule has 0 unspecified atom stereocenters. The fraction of sp³-hybridized carbons (Fsp3) is 0.0833. The number of azide groups is 1. The highest BCUT2D eigenvalue weighted by Crippen LogP contribution is 2.34. The van der Waals surface area contributed by atoms with Crippen LogP contribution in [-0.4, -0.2) is 4.57 Å². The van der Waals surface area contributed by atoms with E-state index in [0.717, 1.165) is 28.1 Å². The van der Waals surface area contributed by atoms with Gasteiger partial charge in [-0.1, -0.05) is 96.1 Å². The molecule has 1 aromatic heterocycles. The predicted octanol–water partition coefficient (Wildman–Crippen LogP) is 6.68. The second-order valence-corrected chi connectivity index (χ2v) is 6.58. The number of aromatic nitrogens is 1. The molecular formula is C24H20N4. The van der Waals surface area contributed by atoms with Crippen LogP contribution in [0.5, 0.6) is 0 Å². The molecule has 136 valence electrons. The van der Waals surface area contributed by atoms with Gasteiger partial charge in [0, 0.05) is 28.4 Å². The van der Waals surface area contributed by atoms with E-state index in [2.05, 4.69) is 57.1 Å². The van der Waals surface area contributed by atoms with E-state index >= 15 is 0 Å². The van der Waals surface area contributed by atoms with Gasteiger partial charge in [0.05, 0.1) is 6.54 Å². The summed E-state index contributed by atoms with van der Waals surface area (Å²) in [7, 11) is 0. The van der Waals surface area contributed by atoms with Crippen molar-refractivity contribution in [3.63, 3.8) is 0 Å². The van der Waals surface area contributed by atoms with Crippen LogP contribution in [0.2, 0.25) is 0 Å². The van der Waals surface area contributed by atoms with Gasteiger partial charge in [-0.15, -0.1) is 0 Å². The van der Waals surface area contributed by atoms with E-state index in [0.29, 0.717) is 13.1 Å². The zero-order valence-corrected chi connectivity index (χ0v) is 15.4. The van der Waals surface area contributed by atoms with E-state index in [9.17, 15) is 0 Å². The van der Waals surface area contributed by atoms with Gasteiger partial charge in [0.1, 0.15) is 0 Å². The molecule has 0 fully saturated rings. The van der Waals surface area contributed by atoms with E-state index in [1.165, 1.54) is 5.56 Å². The lowest BCUT2D eigenvalue weighted by Gasteiger charge is -2.14. The largest absolute Gasteiger partial charge is 0.339 e. The molecule has 0 amide bonds. The molecule has 0 radical (unpaired) electrons. The van der Waals surface area contributed by atoms with E-state index < -0.39 is 0 Å². The van der Waals surface area contributed by atoms with E-state index in [1.54, 1.807) is 0 Å². The highest BCUT2D eigenvalue weighted by Gasteiger charge is 2.17. The van der Waals surface area contributed by atoms with E-state index in [1.807, 2.05) is 54.6 Å². The lowest BCUT2D eigenvalue weighted by molar-refractivity contribution is 0.750. The van der Waals surface area contributed by atoms with Crippen molar-refractivity contribution in [1.82, 2.24) is 4.57 Å². The van der Waals surface area contributed by atoms with Crippen LogP contribution in [0.25, 0.3) is 32.8 Å². The van der Waals surface area contributed by atoms with Crippen LogP contribution in [0.4, 0.5) is 0 Å². The molecule has 0 atom stereocenters. The van der Waals surface area contributed by atoms with Gasteiger partial charge in [-0.25, -0.2) is 0 Å². The third kappa shape index (κ3) is 3.68. The normalized spacial score (nSPS) is 10.4. The first kappa shape index (κ1) is 17.7. The van der Waals surface area contributed by atoms with Crippen molar-refractivity contribution in [2.75, 3.05) is 0 Å². The highest BCUT2D eigenvalue weighted by atomic mass is 15.1. The number of benzene rings is 3. The van der Waals surface area contributed by atoms with Crippen molar-refractivity contribution >= 4 is 0 Å². The first-order chi connectivity index (χ1) is 13.9. The minimum atomic E-state index is 0.306. The van der Waals surface area contributed by atoms with Crippen LogP contribution >= 0.6 is 0 Å². The maximum Gasteiger partial charge on any atom is 0.0670 e. The molecule has 0 aliphatic heterocycles. The average Bonchev–Trinajstić information content (AvgIpc) is 3.12. The summed E-state index contributed by atoms with van der Waals surface area (Å²) in [5.74, 6) is 0. The van der Waals surface area contributed by atoms with Crippen LogP contribution in [-0.2, 0) is 13.1 Å². The van der Waals surface area contributed by atoms with E-state index in [4.69, 9.17) is 5.53 Å². The Bertz CT molecular complexity index is 1090. The lowest BCUT2D eigenvalue weighted by Crippen LogP contribution is -2.06. The van der Waals surface area contributed by atoms with Crippen molar-refractivity contribution in [2.45, 2.75) is 13.1 Å². The molecule has 4 aromatic rings. The van der Waals surface area contributed by atoms with Crippen molar-refractivity contribution < 1.29 is 0 Å². The Morgan fingerprint density at radius 1 is 0.750 bits per heavy atom. The van der Waals surface area contributed by atoms with Crippen molar-refractivity contribution in [3.8, 4) is 22.4 Å². The van der Waals surface area contributed by atoms with Gasteiger partial charge in [0.15, 0.2) is 0 Å². The predicted molar refractivity (Wildman–Crippen MR) is 114 cm³/mol. The van der Waals surface area contributed by atoms with Gasteiger partial charge in [0.25, 0.3) is 0 Å². The maximum absolute atomic E-state index is 8.94. The molecule has 0 spiro atoms. The number of hydrogen-bond donors (Lipinski definition) is 0. The number of rotatable bonds is 6. The fourth-order valence-corrected chi connectivity index (χ4v) is 3.52. The molecule has 1 heterocycles. The summed E-state index contributed by atoms with van der Waals surface area (Å²) in [5.41, 5.74) is 15.6. The standard InChI is InChI=1S/C24H20N4/c25-27-26-17-24-22(20-12-6-2-7-13-20)16-23(21-14-8-3-9-15-21)28(24)18-19-10-4-1-5-11-19/h1-16H,17-18H2. The summed E-state index contributed by atoms with van der Waals surface area (Å²) in [6.45, 7) is 1.02. The quantitative estimate of drug-likeness (QED) is 0.208. The molecule has 3 aromatic carbocycles. The van der Waals surface area contributed by atoms with E-state index in [-0.39, 0.29) is 0 Å². The minimum absolute atomic E-state index is 0.306. The zero-order chi connectivity index (χ0) is 19.2. The van der Waals surface area contributed by atoms with Gasteiger partial charge in [-0.05, 0) is 28.3 Å². The molecule has 4 rings (SSSR count). The topological polar surface area (TPSA) is 53.7 Å². The van der Waals surface area contributed by atoms with Crippen molar-refractivity contribution in [2.24, 2.45) is 5.11 Å². The minimum Gasteiger partial charge on any atom is -0.339 e. The Hall–Kier alpha value is -3.75. The van der Waals surface area contributed by atoms with Crippen LogP contribution in [0.1, 0.15) is 11.3 Å². The SMILES string of the molecule is [N-]=[N+]=NCc1c(-c2ccccc2)cc(-c2ccccc2)n1Cc1ccccc1. The third-order valence-corrected chi connectivity index (χ3v) is 4.83. The van der Waals surface area contributed by atoms with Crippen molar-refractivity contribution in [3.05, 3.63) is 119 Å². The Labute approximate surface area is 164 Å². The van der Waals surface area contributed by atoms with Crippen LogP contribution < -0.4 is 0 Å². The summed E-state index contributed by atoms with van der Waals surface area (Å²) in [5, 5.41) is 3.90. The Morgan fingerprint density at radius 3 is 1.93 bits per heavy atom. The Morgan fingerprint density at radius 2 is 1.32 bits per heavy atom. The van der Waals surface area contributed by atoms with Crippen LogP contribution in [0.15, 0.2) is 102 Å². The Kier molecular flexibility index (Phi) is 5.23. The smallest absolute Gasteiger partial charge is 0.0670 e. The third-order valence-electron chi connectivity index (χ3n) is 4.83. The van der Waals surface area contributed by atoms with Crippen LogP contribution in [0, 0.1) is 0 Å². The molecule has 0 bridgehead atoms. The number of nitrogens with zero attached hydrogens (tertiary/aromatic N) is 4. The average molecular weight is 364 g/mol. The second-order valence-electron chi connectivity index (χ2n) is 6.58. The van der Waals surface area contributed by atoms with Crippen LogP contribution in [0.3, 0.4) is 0 Å². The molecular weight excluding hydrogens is 344 g/mol. The first-order valence-electron chi connectivity index (χ1n) is 9.25. The monoisotopic (exact) mass is 364 g/mol. The summed E-state index contributed by atoms with van der Waals surface area (Å²) in [6, 6.07) is 33.2.